The van der Waals surface area contributed by atoms with Crippen LogP contribution in [0, 0.1) is 0 Å². The van der Waals surface area contributed by atoms with Crippen molar-refractivity contribution in [2.45, 2.75) is 0 Å². The van der Waals surface area contributed by atoms with Crippen LogP contribution in [0.5, 0.6) is 0 Å². The second kappa shape index (κ2) is 9.32. The summed E-state index contributed by atoms with van der Waals surface area (Å²) in [6.07, 6.45) is 0. The highest BCUT2D eigenvalue weighted by molar-refractivity contribution is 7.27. The molecule has 0 N–H and O–H groups in total. The Balaban J connectivity index is 1.35. The summed E-state index contributed by atoms with van der Waals surface area (Å²) in [5.41, 5.74) is 7.46. The van der Waals surface area contributed by atoms with E-state index < -0.39 is 0 Å². The average Bonchev–Trinajstić information content (AvgIpc) is 3.79. The van der Waals surface area contributed by atoms with E-state index in [-0.39, 0.29) is 0 Å². The normalized spacial score (nSPS) is 12.3. The van der Waals surface area contributed by atoms with Gasteiger partial charge in [0.25, 0.3) is 0 Å². The molecule has 0 atom stereocenters. The third-order valence-electron chi connectivity index (χ3n) is 10.1. The molecule has 0 radical (unpaired) electrons. The van der Waals surface area contributed by atoms with Gasteiger partial charge in [-0.25, -0.2) is 0 Å². The predicted octanol–water partition coefficient (Wildman–Crippen LogP) is 12.6. The van der Waals surface area contributed by atoms with Gasteiger partial charge in [0.05, 0.1) is 42.8 Å². The minimum atomic E-state index is 1.22. The summed E-state index contributed by atoms with van der Waals surface area (Å²) in [4.78, 5) is 0. The molecule has 0 saturated heterocycles. The SMILES string of the molecule is c1ccc2c(-n3c4ccccc4c4ccc5c6ccc7c8ccccc8n(-c8cccc9ccccc89)c7c6sc5c43)cccc2c1. The topological polar surface area (TPSA) is 9.86 Å². The maximum atomic E-state index is 2.52. The van der Waals surface area contributed by atoms with Crippen molar-refractivity contribution in [2.75, 3.05) is 0 Å². The zero-order valence-electron chi connectivity index (χ0n) is 25.3. The molecule has 0 aliphatic carbocycles. The summed E-state index contributed by atoms with van der Waals surface area (Å²) in [7, 11) is 0. The molecule has 0 saturated carbocycles. The van der Waals surface area contributed by atoms with Crippen LogP contribution >= 0.6 is 11.3 Å². The van der Waals surface area contributed by atoms with Crippen LogP contribution in [0.1, 0.15) is 0 Å². The van der Waals surface area contributed by atoms with E-state index in [1.54, 1.807) is 0 Å². The number of aromatic nitrogens is 2. The molecule has 8 aromatic carbocycles. The minimum Gasteiger partial charge on any atom is -0.307 e. The molecule has 2 nitrogen and oxygen atoms in total. The van der Waals surface area contributed by atoms with E-state index in [4.69, 9.17) is 0 Å². The molecule has 3 aromatic heterocycles. The highest BCUT2D eigenvalue weighted by Gasteiger charge is 2.22. The van der Waals surface area contributed by atoms with Gasteiger partial charge in [-0.3, -0.25) is 0 Å². The Kier molecular flexibility index (Phi) is 5.02. The summed E-state index contributed by atoms with van der Waals surface area (Å²) >= 11 is 1.94. The highest BCUT2D eigenvalue weighted by atomic mass is 32.1. The van der Waals surface area contributed by atoms with Crippen LogP contribution in [-0.2, 0) is 0 Å². The van der Waals surface area contributed by atoms with Gasteiger partial charge in [-0.15, -0.1) is 11.3 Å². The Labute approximate surface area is 273 Å². The van der Waals surface area contributed by atoms with Gasteiger partial charge in [-0.1, -0.05) is 133 Å². The molecular formula is C44H26N2S. The van der Waals surface area contributed by atoms with E-state index in [9.17, 15) is 0 Å². The van der Waals surface area contributed by atoms with Gasteiger partial charge in [-0.2, -0.15) is 0 Å². The smallest absolute Gasteiger partial charge is 0.0720 e. The Morgan fingerprint density at radius 1 is 0.298 bits per heavy atom. The average molecular weight is 615 g/mol. The lowest BCUT2D eigenvalue weighted by Crippen LogP contribution is -1.95. The molecule has 0 fully saturated rings. The fourth-order valence-corrected chi connectivity index (χ4v) is 9.47. The summed E-state index contributed by atoms with van der Waals surface area (Å²) in [5.74, 6) is 0. The lowest BCUT2D eigenvalue weighted by Gasteiger charge is -2.12. The van der Waals surface area contributed by atoms with Crippen LogP contribution < -0.4 is 0 Å². The van der Waals surface area contributed by atoms with Crippen molar-refractivity contribution in [1.82, 2.24) is 9.13 Å². The lowest BCUT2D eigenvalue weighted by molar-refractivity contribution is 1.21. The van der Waals surface area contributed by atoms with Crippen molar-refractivity contribution < 1.29 is 0 Å². The fraction of sp³-hybridized carbons (Fsp3) is 0. The number of thiophene rings is 1. The van der Waals surface area contributed by atoms with Crippen LogP contribution in [0.25, 0.3) is 96.7 Å². The standard InChI is InChI=1S/C44H26N2S/c1-3-15-29-27(11-1)13-9-21-37(29)45-39-19-7-5-17-31(39)33-23-25-35-36-26-24-34-32-18-6-8-20-40(32)46(42(34)44(36)47-43(35)41(33)45)38-22-10-14-28-12-2-4-16-30(28)38/h1-26H. The highest BCUT2D eigenvalue weighted by Crippen LogP contribution is 2.47. The molecule has 0 bridgehead atoms. The van der Waals surface area contributed by atoms with Gasteiger partial charge in [-0.05, 0) is 35.0 Å². The largest absolute Gasteiger partial charge is 0.307 e. The number of fused-ring (bicyclic) bond motifs is 13. The van der Waals surface area contributed by atoms with Crippen molar-refractivity contribution in [1.29, 1.82) is 0 Å². The first-order valence-corrected chi connectivity index (χ1v) is 16.9. The number of para-hydroxylation sites is 2. The Morgan fingerprint density at radius 3 is 1.17 bits per heavy atom. The van der Waals surface area contributed by atoms with Gasteiger partial charge < -0.3 is 9.13 Å². The Bertz CT molecular complexity index is 2860. The molecule has 11 rings (SSSR count). The lowest BCUT2D eigenvalue weighted by atomic mass is 10.1. The van der Waals surface area contributed by atoms with Crippen LogP contribution in [-0.4, -0.2) is 9.13 Å². The second-order valence-electron chi connectivity index (χ2n) is 12.5. The molecule has 218 valence electrons. The third-order valence-corrected chi connectivity index (χ3v) is 11.3. The predicted molar refractivity (Wildman–Crippen MR) is 203 cm³/mol. The van der Waals surface area contributed by atoms with Gasteiger partial charge in [0.1, 0.15) is 0 Å². The van der Waals surface area contributed by atoms with Gasteiger partial charge in [0.2, 0.25) is 0 Å². The van der Waals surface area contributed by atoms with Crippen LogP contribution in [0.3, 0.4) is 0 Å². The Morgan fingerprint density at radius 2 is 0.681 bits per heavy atom. The molecule has 0 amide bonds. The number of hydrogen-bond donors (Lipinski definition) is 0. The number of benzene rings is 8. The van der Waals surface area contributed by atoms with Crippen LogP contribution in [0.15, 0.2) is 158 Å². The van der Waals surface area contributed by atoms with E-state index in [2.05, 4.69) is 167 Å². The molecule has 47 heavy (non-hydrogen) atoms. The van der Waals surface area contributed by atoms with Crippen molar-refractivity contribution in [2.24, 2.45) is 0 Å². The zero-order valence-corrected chi connectivity index (χ0v) is 26.1. The number of hydrogen-bond acceptors (Lipinski definition) is 1. The van der Waals surface area contributed by atoms with E-state index in [1.165, 1.54) is 96.7 Å². The van der Waals surface area contributed by atoms with Crippen LogP contribution in [0.4, 0.5) is 0 Å². The molecule has 3 heterocycles. The Hall–Kier alpha value is -5.90. The van der Waals surface area contributed by atoms with Crippen LogP contribution in [0.2, 0.25) is 0 Å². The minimum absolute atomic E-state index is 1.22. The molecular weight excluding hydrogens is 589 g/mol. The first-order chi connectivity index (χ1) is 23.3. The van der Waals surface area contributed by atoms with E-state index in [0.717, 1.165) is 0 Å². The van der Waals surface area contributed by atoms with Gasteiger partial charge >= 0.3 is 0 Å². The molecule has 3 heteroatoms. The maximum Gasteiger partial charge on any atom is 0.0720 e. The van der Waals surface area contributed by atoms with Crippen molar-refractivity contribution in [3.05, 3.63) is 158 Å². The fourth-order valence-electron chi connectivity index (χ4n) is 8.09. The first kappa shape index (κ1) is 25.3. The van der Waals surface area contributed by atoms with Crippen molar-refractivity contribution >= 4 is 96.7 Å². The first-order valence-electron chi connectivity index (χ1n) is 16.1. The number of nitrogens with zero attached hydrogens (tertiary/aromatic N) is 2. The molecule has 11 aromatic rings. The monoisotopic (exact) mass is 614 g/mol. The summed E-state index contributed by atoms with van der Waals surface area (Å²) in [6, 6.07) is 58.0. The van der Waals surface area contributed by atoms with Gasteiger partial charge in [0, 0.05) is 43.1 Å². The quantitative estimate of drug-likeness (QED) is 0.183. The van der Waals surface area contributed by atoms with Crippen molar-refractivity contribution in [3.63, 3.8) is 0 Å². The molecule has 0 aliphatic rings. The van der Waals surface area contributed by atoms with E-state index in [1.807, 2.05) is 11.3 Å². The summed E-state index contributed by atoms with van der Waals surface area (Å²) in [5, 5.41) is 12.8. The molecule has 0 aliphatic heterocycles. The van der Waals surface area contributed by atoms with E-state index >= 15 is 0 Å². The van der Waals surface area contributed by atoms with Crippen molar-refractivity contribution in [3.8, 4) is 11.4 Å². The molecule has 0 spiro atoms. The maximum absolute atomic E-state index is 2.52. The summed E-state index contributed by atoms with van der Waals surface area (Å²) in [6.45, 7) is 0. The molecule has 0 unspecified atom stereocenters. The third kappa shape index (κ3) is 3.34. The van der Waals surface area contributed by atoms with Gasteiger partial charge in [0.15, 0.2) is 0 Å². The number of rotatable bonds is 2. The van der Waals surface area contributed by atoms with E-state index in [0.29, 0.717) is 0 Å². The summed E-state index contributed by atoms with van der Waals surface area (Å²) < 4.78 is 7.68. The second-order valence-corrected chi connectivity index (χ2v) is 13.5. The zero-order chi connectivity index (χ0) is 30.6.